The molecule has 0 unspecified atom stereocenters. The average molecular weight is 371 g/mol. The fraction of sp³-hybridized carbons (Fsp3) is 0.476. The van der Waals surface area contributed by atoms with Crippen LogP contribution in [0.3, 0.4) is 0 Å². The van der Waals surface area contributed by atoms with Gasteiger partial charge in [0.1, 0.15) is 0 Å². The molecule has 138 valence electrons. The molecule has 26 heavy (non-hydrogen) atoms. The van der Waals surface area contributed by atoms with Gasteiger partial charge in [0.2, 0.25) is 0 Å². The van der Waals surface area contributed by atoms with Gasteiger partial charge in [-0.05, 0) is 49.0 Å². The van der Waals surface area contributed by atoms with Gasteiger partial charge in [-0.1, -0.05) is 38.1 Å². The van der Waals surface area contributed by atoms with Crippen LogP contribution in [0.5, 0.6) is 0 Å². The number of fused-ring (bicyclic) bond motifs is 2. The molecule has 1 spiro atoms. The van der Waals surface area contributed by atoms with Crippen molar-refractivity contribution in [3.63, 3.8) is 0 Å². The van der Waals surface area contributed by atoms with Gasteiger partial charge in [0.15, 0.2) is 0 Å². The number of hydrogen-bond acceptors (Lipinski definition) is 4. The van der Waals surface area contributed by atoms with Gasteiger partial charge in [0.05, 0.1) is 17.7 Å². The minimum Gasteiger partial charge on any atom is -0.390 e. The zero-order chi connectivity index (χ0) is 18.3. The van der Waals surface area contributed by atoms with Gasteiger partial charge < -0.3 is 15.7 Å². The van der Waals surface area contributed by atoms with E-state index in [4.69, 9.17) is 0 Å². The zero-order valence-electron chi connectivity index (χ0n) is 15.3. The van der Waals surface area contributed by atoms with E-state index >= 15 is 0 Å². The molecule has 2 aromatic rings. The van der Waals surface area contributed by atoms with E-state index in [1.807, 2.05) is 29.6 Å². The van der Waals surface area contributed by atoms with Crippen molar-refractivity contribution in [3.05, 3.63) is 57.3 Å². The smallest absolute Gasteiger partial charge is 0.252 e. The Kier molecular flexibility index (Phi) is 4.63. The predicted octanol–water partition coefficient (Wildman–Crippen LogP) is 3.34. The summed E-state index contributed by atoms with van der Waals surface area (Å²) in [7, 11) is 0. The lowest BCUT2D eigenvalue weighted by molar-refractivity contribution is 0.0418. The maximum Gasteiger partial charge on any atom is 0.252 e. The number of amides is 1. The van der Waals surface area contributed by atoms with Crippen molar-refractivity contribution in [2.24, 2.45) is 0 Å². The van der Waals surface area contributed by atoms with Crippen LogP contribution < -0.4 is 10.6 Å². The molecule has 4 nitrogen and oxygen atoms in total. The van der Waals surface area contributed by atoms with Gasteiger partial charge in [0, 0.05) is 15.7 Å². The van der Waals surface area contributed by atoms with Crippen molar-refractivity contribution in [1.82, 2.24) is 10.6 Å². The van der Waals surface area contributed by atoms with E-state index < -0.39 is 6.10 Å². The van der Waals surface area contributed by atoms with Gasteiger partial charge in [0.25, 0.3) is 5.91 Å². The van der Waals surface area contributed by atoms with E-state index in [2.05, 4.69) is 30.5 Å². The number of aliphatic hydroxyl groups is 1. The molecule has 4 rings (SSSR count). The van der Waals surface area contributed by atoms with Crippen LogP contribution in [-0.2, 0) is 5.41 Å². The highest BCUT2D eigenvalue weighted by Gasteiger charge is 2.52. The molecule has 3 N–H and O–H groups in total. The van der Waals surface area contributed by atoms with Crippen molar-refractivity contribution in [2.75, 3.05) is 13.1 Å². The van der Waals surface area contributed by atoms with Crippen LogP contribution in [0.25, 0.3) is 0 Å². The van der Waals surface area contributed by atoms with Crippen LogP contribution >= 0.6 is 11.3 Å². The Morgan fingerprint density at radius 1 is 1.31 bits per heavy atom. The molecule has 0 bridgehead atoms. The fourth-order valence-corrected chi connectivity index (χ4v) is 5.37. The van der Waals surface area contributed by atoms with Crippen LogP contribution in [0.4, 0.5) is 0 Å². The Balaban J connectivity index is 1.63. The number of thiophene rings is 1. The topological polar surface area (TPSA) is 61.4 Å². The van der Waals surface area contributed by atoms with Crippen molar-refractivity contribution < 1.29 is 9.90 Å². The maximum atomic E-state index is 12.8. The molecule has 1 aromatic heterocycles. The Morgan fingerprint density at radius 3 is 2.73 bits per heavy atom. The minimum absolute atomic E-state index is 0.0991. The molecule has 1 saturated heterocycles. The molecule has 1 aliphatic carbocycles. The summed E-state index contributed by atoms with van der Waals surface area (Å²) in [6.45, 7) is 6.05. The van der Waals surface area contributed by atoms with Gasteiger partial charge in [-0.15, -0.1) is 11.3 Å². The number of piperidine rings is 1. The van der Waals surface area contributed by atoms with Crippen LogP contribution in [-0.4, -0.2) is 30.2 Å². The highest BCUT2D eigenvalue weighted by molar-refractivity contribution is 7.10. The largest absolute Gasteiger partial charge is 0.390 e. The second-order valence-corrected chi connectivity index (χ2v) is 8.72. The van der Waals surface area contributed by atoms with Gasteiger partial charge in [-0.2, -0.15) is 0 Å². The molecule has 1 aromatic carbocycles. The summed E-state index contributed by atoms with van der Waals surface area (Å²) >= 11 is 1.62. The molecular weight excluding hydrogens is 344 g/mol. The Labute approximate surface area is 158 Å². The molecule has 2 aliphatic rings. The lowest BCUT2D eigenvalue weighted by Gasteiger charge is -2.38. The first-order valence-electron chi connectivity index (χ1n) is 9.40. The van der Waals surface area contributed by atoms with Crippen molar-refractivity contribution in [1.29, 1.82) is 0 Å². The summed E-state index contributed by atoms with van der Waals surface area (Å²) in [6, 6.07) is 9.82. The Hall–Kier alpha value is -1.69. The van der Waals surface area contributed by atoms with Crippen molar-refractivity contribution in [3.8, 4) is 0 Å². The number of carbonyl (C=O) groups excluding carboxylic acids is 1. The first-order valence-corrected chi connectivity index (χ1v) is 10.3. The van der Waals surface area contributed by atoms with Crippen LogP contribution in [0.15, 0.2) is 35.7 Å². The van der Waals surface area contributed by atoms with E-state index in [0.717, 1.165) is 31.5 Å². The number of aliphatic hydroxyl groups excluding tert-OH is 1. The molecule has 1 amide bonds. The van der Waals surface area contributed by atoms with Crippen molar-refractivity contribution >= 4 is 17.2 Å². The maximum absolute atomic E-state index is 12.8. The average Bonchev–Trinajstić information content (AvgIpc) is 3.23. The molecule has 5 heteroatoms. The van der Waals surface area contributed by atoms with E-state index in [1.165, 1.54) is 10.4 Å². The summed E-state index contributed by atoms with van der Waals surface area (Å²) in [5, 5.41) is 19.7. The third-order valence-electron chi connectivity index (χ3n) is 5.95. The third kappa shape index (κ3) is 2.79. The standard InChI is InChI=1S/C21H26N2O2S/c1-13(2)17-11-14(12-26-17)20(25)23-18-15-5-3-4-6-16(15)21(19(18)24)7-9-22-10-8-21/h3-6,11-13,18-19,22,24H,7-10H2,1-2H3,(H,23,25)/t18-,19+/m1/s1. The number of rotatable bonds is 3. The number of hydrogen-bond donors (Lipinski definition) is 3. The number of nitrogens with one attached hydrogen (secondary N) is 2. The van der Waals surface area contributed by atoms with E-state index in [0.29, 0.717) is 11.5 Å². The monoisotopic (exact) mass is 370 g/mol. The summed E-state index contributed by atoms with van der Waals surface area (Å²) in [6.07, 6.45) is 1.20. The lowest BCUT2D eigenvalue weighted by atomic mass is 9.72. The molecule has 1 fully saturated rings. The van der Waals surface area contributed by atoms with Crippen LogP contribution in [0.2, 0.25) is 0 Å². The van der Waals surface area contributed by atoms with Gasteiger partial charge >= 0.3 is 0 Å². The molecule has 2 atom stereocenters. The second-order valence-electron chi connectivity index (χ2n) is 7.78. The van der Waals surface area contributed by atoms with E-state index in [1.54, 1.807) is 11.3 Å². The quantitative estimate of drug-likeness (QED) is 0.777. The number of benzene rings is 1. The highest BCUT2D eigenvalue weighted by Crippen LogP contribution is 2.50. The summed E-state index contributed by atoms with van der Waals surface area (Å²) in [5.41, 5.74) is 2.70. The van der Waals surface area contributed by atoms with E-state index in [-0.39, 0.29) is 17.4 Å². The molecular formula is C21H26N2O2S. The molecule has 2 heterocycles. The highest BCUT2D eigenvalue weighted by atomic mass is 32.1. The lowest BCUT2D eigenvalue weighted by Crippen LogP contribution is -2.48. The van der Waals surface area contributed by atoms with Crippen molar-refractivity contribution in [2.45, 2.75) is 50.2 Å². The van der Waals surface area contributed by atoms with Crippen LogP contribution in [0.1, 0.15) is 65.0 Å². The normalized spacial score (nSPS) is 24.0. The molecule has 0 radical (unpaired) electrons. The third-order valence-corrected chi connectivity index (χ3v) is 7.18. The van der Waals surface area contributed by atoms with Gasteiger partial charge in [-0.3, -0.25) is 4.79 Å². The fourth-order valence-electron chi connectivity index (χ4n) is 4.46. The van der Waals surface area contributed by atoms with Crippen LogP contribution in [0, 0.1) is 0 Å². The zero-order valence-corrected chi connectivity index (χ0v) is 16.1. The summed E-state index contributed by atoms with van der Waals surface area (Å²) in [5.74, 6) is 0.315. The summed E-state index contributed by atoms with van der Waals surface area (Å²) in [4.78, 5) is 14.0. The Bertz CT molecular complexity index is 808. The second kappa shape index (κ2) is 6.80. The van der Waals surface area contributed by atoms with E-state index in [9.17, 15) is 9.90 Å². The van der Waals surface area contributed by atoms with Gasteiger partial charge in [-0.25, -0.2) is 0 Å². The molecule has 1 aliphatic heterocycles. The Morgan fingerprint density at radius 2 is 2.04 bits per heavy atom. The SMILES string of the molecule is CC(C)c1cc(C(=O)N[C@@H]2c3ccccc3C3(CCNCC3)[C@H]2O)cs1. The minimum atomic E-state index is -0.589. The first-order chi connectivity index (χ1) is 12.5. The predicted molar refractivity (Wildman–Crippen MR) is 105 cm³/mol. The summed E-state index contributed by atoms with van der Waals surface area (Å²) < 4.78 is 0. The molecule has 0 saturated carbocycles. The number of carbonyl (C=O) groups is 1. The first kappa shape index (κ1) is 17.7.